The number of benzene rings is 1. The molecule has 0 heterocycles. The van der Waals surface area contributed by atoms with Gasteiger partial charge < -0.3 is 10.6 Å². The Kier molecular flexibility index (Phi) is 4.03. The molecule has 96 valence electrons. The van der Waals surface area contributed by atoms with Crippen molar-refractivity contribution in [2.75, 3.05) is 13.6 Å². The molecule has 0 saturated heterocycles. The number of nitrogens with zero attached hydrogens (tertiary/aromatic N) is 1. The van der Waals surface area contributed by atoms with Crippen molar-refractivity contribution in [1.29, 1.82) is 0 Å². The molecule has 0 bridgehead atoms. The Morgan fingerprint density at radius 3 is 2.94 bits per heavy atom. The van der Waals surface area contributed by atoms with E-state index in [2.05, 4.69) is 53.4 Å². The molecule has 3 nitrogen and oxygen atoms in total. The average Bonchev–Trinajstić information content (AvgIpc) is 3.14. The Balaban J connectivity index is 1.92. The van der Waals surface area contributed by atoms with E-state index in [1.54, 1.807) is 7.05 Å². The number of guanidine groups is 1. The van der Waals surface area contributed by atoms with Crippen LogP contribution in [0.15, 0.2) is 41.9 Å². The van der Waals surface area contributed by atoms with Crippen molar-refractivity contribution in [3.8, 4) is 0 Å². The van der Waals surface area contributed by atoms with E-state index in [1.807, 2.05) is 6.08 Å². The van der Waals surface area contributed by atoms with Crippen molar-refractivity contribution in [2.24, 2.45) is 4.99 Å². The highest BCUT2D eigenvalue weighted by Gasteiger charge is 2.39. The van der Waals surface area contributed by atoms with E-state index >= 15 is 0 Å². The first-order chi connectivity index (χ1) is 8.76. The van der Waals surface area contributed by atoms with Crippen LogP contribution >= 0.6 is 0 Å². The zero-order chi connectivity index (χ0) is 13.0. The summed E-state index contributed by atoms with van der Waals surface area (Å²) >= 11 is 0. The predicted molar refractivity (Wildman–Crippen MR) is 77.0 cm³/mol. The van der Waals surface area contributed by atoms with E-state index in [-0.39, 0.29) is 0 Å². The average molecular weight is 243 g/mol. The monoisotopic (exact) mass is 243 g/mol. The van der Waals surface area contributed by atoms with Gasteiger partial charge in [0.2, 0.25) is 0 Å². The molecule has 0 aliphatic heterocycles. The van der Waals surface area contributed by atoms with E-state index in [4.69, 9.17) is 0 Å². The number of rotatable bonds is 4. The van der Waals surface area contributed by atoms with Gasteiger partial charge in [-0.15, -0.1) is 6.58 Å². The van der Waals surface area contributed by atoms with Gasteiger partial charge in [0.15, 0.2) is 5.96 Å². The molecule has 0 spiro atoms. The first-order valence-electron chi connectivity index (χ1n) is 6.40. The van der Waals surface area contributed by atoms with Crippen molar-refractivity contribution in [1.82, 2.24) is 10.6 Å². The quantitative estimate of drug-likeness (QED) is 0.483. The number of hydrogen-bond donors (Lipinski definition) is 2. The maximum absolute atomic E-state index is 4.20. The molecule has 0 radical (unpaired) electrons. The molecule has 1 aliphatic carbocycles. The van der Waals surface area contributed by atoms with E-state index < -0.39 is 0 Å². The lowest BCUT2D eigenvalue weighted by atomic mass is 10.0. The summed E-state index contributed by atoms with van der Waals surface area (Å²) in [5.74, 6) is 1.48. The summed E-state index contributed by atoms with van der Waals surface area (Å²) in [6, 6.07) is 9.11. The highest BCUT2D eigenvalue weighted by atomic mass is 15.2. The maximum atomic E-state index is 4.20. The van der Waals surface area contributed by atoms with E-state index in [1.165, 1.54) is 17.5 Å². The third-order valence-electron chi connectivity index (χ3n) is 3.34. The van der Waals surface area contributed by atoms with Crippen LogP contribution in [0.2, 0.25) is 0 Å². The van der Waals surface area contributed by atoms with Crippen LogP contribution in [0.5, 0.6) is 0 Å². The molecule has 2 atom stereocenters. The minimum Gasteiger partial charge on any atom is -0.353 e. The van der Waals surface area contributed by atoms with Gasteiger partial charge in [0.05, 0.1) is 0 Å². The first kappa shape index (κ1) is 12.7. The van der Waals surface area contributed by atoms with Gasteiger partial charge in [-0.05, 0) is 24.5 Å². The van der Waals surface area contributed by atoms with Crippen LogP contribution in [0.25, 0.3) is 0 Å². The Hall–Kier alpha value is -1.77. The summed E-state index contributed by atoms with van der Waals surface area (Å²) in [5, 5.41) is 6.64. The molecule has 2 rings (SSSR count). The van der Waals surface area contributed by atoms with E-state index in [9.17, 15) is 0 Å². The lowest BCUT2D eigenvalue weighted by molar-refractivity contribution is 0.816. The maximum Gasteiger partial charge on any atom is 0.191 e. The standard InChI is InChI=1S/C15H21N3/c1-4-9-17-15(16-3)18-14-10-13(14)12-8-6-5-7-11(12)2/h4-8,13-14H,1,9-10H2,2-3H3,(H2,16,17,18). The second-order valence-corrected chi connectivity index (χ2v) is 4.69. The summed E-state index contributed by atoms with van der Waals surface area (Å²) in [7, 11) is 1.80. The minimum atomic E-state index is 0.502. The van der Waals surface area contributed by atoms with Gasteiger partial charge in [-0.25, -0.2) is 0 Å². The third kappa shape index (κ3) is 2.92. The third-order valence-corrected chi connectivity index (χ3v) is 3.34. The molecule has 0 aromatic heterocycles. The van der Waals surface area contributed by atoms with Gasteiger partial charge in [-0.1, -0.05) is 30.3 Å². The fraction of sp³-hybridized carbons (Fsp3) is 0.400. The second kappa shape index (κ2) is 5.71. The van der Waals surface area contributed by atoms with Crippen LogP contribution < -0.4 is 10.6 Å². The van der Waals surface area contributed by atoms with Crippen LogP contribution in [0, 0.1) is 6.92 Å². The van der Waals surface area contributed by atoms with E-state index in [0.29, 0.717) is 12.0 Å². The fourth-order valence-electron chi connectivity index (χ4n) is 2.24. The molecule has 3 heteroatoms. The molecular formula is C15H21N3. The second-order valence-electron chi connectivity index (χ2n) is 4.69. The molecule has 1 saturated carbocycles. The smallest absolute Gasteiger partial charge is 0.191 e. The van der Waals surface area contributed by atoms with Gasteiger partial charge in [0.1, 0.15) is 0 Å². The van der Waals surface area contributed by atoms with Crippen LogP contribution in [0.1, 0.15) is 23.5 Å². The highest BCUT2D eigenvalue weighted by Crippen LogP contribution is 2.41. The van der Waals surface area contributed by atoms with E-state index in [0.717, 1.165) is 12.5 Å². The molecule has 1 fully saturated rings. The molecule has 2 unspecified atom stereocenters. The Morgan fingerprint density at radius 2 is 2.28 bits per heavy atom. The summed E-state index contributed by atoms with van der Waals surface area (Å²) in [4.78, 5) is 4.20. The molecule has 1 aliphatic rings. The lowest BCUT2D eigenvalue weighted by Gasteiger charge is -2.11. The zero-order valence-corrected chi connectivity index (χ0v) is 11.1. The van der Waals surface area contributed by atoms with Crippen molar-refractivity contribution in [3.05, 3.63) is 48.0 Å². The number of aliphatic imine (C=N–C) groups is 1. The van der Waals surface area contributed by atoms with Crippen LogP contribution in [-0.2, 0) is 0 Å². The van der Waals surface area contributed by atoms with Gasteiger partial charge in [0.25, 0.3) is 0 Å². The fourth-order valence-corrected chi connectivity index (χ4v) is 2.24. The van der Waals surface area contributed by atoms with Crippen LogP contribution in [-0.4, -0.2) is 25.6 Å². The Labute approximate surface area is 109 Å². The lowest BCUT2D eigenvalue weighted by Crippen LogP contribution is -2.39. The summed E-state index contributed by atoms with van der Waals surface area (Å²) in [6.45, 7) is 6.60. The normalized spacial score (nSPS) is 22.4. The highest BCUT2D eigenvalue weighted by molar-refractivity contribution is 5.80. The Bertz CT molecular complexity index is 451. The van der Waals surface area contributed by atoms with Crippen LogP contribution in [0.3, 0.4) is 0 Å². The first-order valence-corrected chi connectivity index (χ1v) is 6.40. The predicted octanol–water partition coefficient (Wildman–Crippen LogP) is 2.20. The summed E-state index contributed by atoms with van der Waals surface area (Å²) in [6.07, 6.45) is 3.01. The van der Waals surface area contributed by atoms with Crippen molar-refractivity contribution in [3.63, 3.8) is 0 Å². The van der Waals surface area contributed by atoms with Gasteiger partial charge in [0, 0.05) is 25.6 Å². The molecule has 1 aromatic carbocycles. The minimum absolute atomic E-state index is 0.502. The number of hydrogen-bond acceptors (Lipinski definition) is 1. The molecule has 2 N–H and O–H groups in total. The number of nitrogens with one attached hydrogen (secondary N) is 2. The van der Waals surface area contributed by atoms with Gasteiger partial charge in [-0.3, -0.25) is 4.99 Å². The summed E-state index contributed by atoms with van der Waals surface area (Å²) < 4.78 is 0. The molecule has 18 heavy (non-hydrogen) atoms. The van der Waals surface area contributed by atoms with Crippen molar-refractivity contribution >= 4 is 5.96 Å². The van der Waals surface area contributed by atoms with Crippen LogP contribution in [0.4, 0.5) is 0 Å². The SMILES string of the molecule is C=CCNC(=NC)NC1CC1c1ccccc1C. The Morgan fingerprint density at radius 1 is 1.50 bits per heavy atom. The molecule has 0 amide bonds. The van der Waals surface area contributed by atoms with Gasteiger partial charge >= 0.3 is 0 Å². The van der Waals surface area contributed by atoms with Crippen molar-refractivity contribution < 1.29 is 0 Å². The molecular weight excluding hydrogens is 222 g/mol. The number of aryl methyl sites for hydroxylation is 1. The van der Waals surface area contributed by atoms with Crippen molar-refractivity contribution in [2.45, 2.75) is 25.3 Å². The largest absolute Gasteiger partial charge is 0.353 e. The summed E-state index contributed by atoms with van der Waals surface area (Å²) in [5.41, 5.74) is 2.83. The van der Waals surface area contributed by atoms with Gasteiger partial charge in [-0.2, -0.15) is 0 Å². The zero-order valence-electron chi connectivity index (χ0n) is 11.1. The topological polar surface area (TPSA) is 36.4 Å². The molecule has 1 aromatic rings.